The van der Waals surface area contributed by atoms with Crippen molar-refractivity contribution in [2.75, 3.05) is 31.8 Å². The van der Waals surface area contributed by atoms with E-state index in [1.54, 1.807) is 18.2 Å². The number of carbonyl (C=O) groups is 1. The molecule has 0 unspecified atom stereocenters. The van der Waals surface area contributed by atoms with Gasteiger partial charge in [-0.25, -0.2) is 8.42 Å². The summed E-state index contributed by atoms with van der Waals surface area (Å²) in [5, 5.41) is 16.7. The maximum atomic E-state index is 12.3. The molecule has 0 heterocycles. The summed E-state index contributed by atoms with van der Waals surface area (Å²) in [5.41, 5.74) is 0.196. The first-order valence-corrected chi connectivity index (χ1v) is 10.7. The Balaban J connectivity index is 2.02. The van der Waals surface area contributed by atoms with Crippen molar-refractivity contribution in [2.24, 2.45) is 0 Å². The number of benzene rings is 2. The van der Waals surface area contributed by atoms with Crippen molar-refractivity contribution in [3.05, 3.63) is 56.5 Å². The zero-order valence-corrected chi connectivity index (χ0v) is 17.5. The fourth-order valence-corrected chi connectivity index (χ4v) is 3.38. The fraction of sp³-hybridized carbons (Fsp3) is 0.235. The first-order valence-electron chi connectivity index (χ1n) is 7.97. The number of nitro benzene ring substituents is 1. The van der Waals surface area contributed by atoms with E-state index in [4.69, 9.17) is 4.74 Å². The Bertz CT molecular complexity index is 1010. The zero-order valence-electron chi connectivity index (χ0n) is 15.1. The van der Waals surface area contributed by atoms with E-state index in [0.717, 1.165) is 12.3 Å². The molecule has 28 heavy (non-hydrogen) atoms. The largest absolute Gasteiger partial charge is 0.497 e. The molecule has 2 N–H and O–H groups in total. The van der Waals surface area contributed by atoms with Crippen molar-refractivity contribution in [1.82, 2.24) is 5.32 Å². The quantitative estimate of drug-likeness (QED) is 0.344. The summed E-state index contributed by atoms with van der Waals surface area (Å²) < 4.78 is 28.8. The standard InChI is InChI=1S/C17H18BrN3O6S/c1-27-11-3-5-14(18)13(9-11)17(22)20-8-7-19-15-6-4-12(28(2,25)26)10-16(15)21(23)24/h3-6,9-10,19H,7-8H2,1-2H3,(H,20,22). The minimum atomic E-state index is -3.56. The molecule has 0 bridgehead atoms. The van der Waals surface area contributed by atoms with Crippen LogP contribution in [0.1, 0.15) is 10.4 Å². The lowest BCUT2D eigenvalue weighted by Gasteiger charge is -2.11. The van der Waals surface area contributed by atoms with E-state index < -0.39 is 14.8 Å². The number of ether oxygens (including phenoxy) is 1. The molecule has 2 aromatic carbocycles. The minimum absolute atomic E-state index is 0.138. The third-order valence-corrected chi connectivity index (χ3v) is 5.54. The Labute approximate surface area is 170 Å². The van der Waals surface area contributed by atoms with Gasteiger partial charge in [0, 0.05) is 29.9 Å². The molecule has 2 rings (SSSR count). The SMILES string of the molecule is COc1ccc(Br)c(C(=O)NCCNc2ccc(S(C)(=O)=O)cc2[N+](=O)[O-])c1. The topological polar surface area (TPSA) is 128 Å². The summed E-state index contributed by atoms with van der Waals surface area (Å²) in [7, 11) is -2.06. The van der Waals surface area contributed by atoms with E-state index in [-0.39, 0.29) is 35.3 Å². The van der Waals surface area contributed by atoms with Gasteiger partial charge in [-0.3, -0.25) is 14.9 Å². The summed E-state index contributed by atoms with van der Waals surface area (Å²) in [4.78, 5) is 22.7. The molecule has 0 aliphatic rings. The molecule has 1 amide bonds. The van der Waals surface area contributed by atoms with E-state index in [1.165, 1.54) is 19.2 Å². The lowest BCUT2D eigenvalue weighted by Crippen LogP contribution is -2.29. The number of amides is 1. The van der Waals surface area contributed by atoms with Gasteiger partial charge in [-0.1, -0.05) is 0 Å². The molecular formula is C17H18BrN3O6S. The molecule has 0 aliphatic carbocycles. The van der Waals surface area contributed by atoms with Crippen LogP contribution in [0.25, 0.3) is 0 Å². The van der Waals surface area contributed by atoms with Gasteiger partial charge in [0.15, 0.2) is 9.84 Å². The molecule has 9 nitrogen and oxygen atoms in total. The highest BCUT2D eigenvalue weighted by Gasteiger charge is 2.18. The zero-order chi connectivity index (χ0) is 20.9. The number of nitrogens with zero attached hydrogens (tertiary/aromatic N) is 1. The summed E-state index contributed by atoms with van der Waals surface area (Å²) in [6.07, 6.45) is 0.978. The van der Waals surface area contributed by atoms with E-state index in [9.17, 15) is 23.3 Å². The Morgan fingerprint density at radius 2 is 1.93 bits per heavy atom. The number of sulfone groups is 1. The molecule has 0 fully saturated rings. The van der Waals surface area contributed by atoms with Gasteiger partial charge in [-0.2, -0.15) is 0 Å². The second kappa shape index (κ2) is 9.02. The van der Waals surface area contributed by atoms with Crippen LogP contribution in [0.3, 0.4) is 0 Å². The first-order chi connectivity index (χ1) is 13.1. The normalized spacial score (nSPS) is 11.0. The molecule has 2 aromatic rings. The second-order valence-corrected chi connectivity index (χ2v) is 8.61. The number of carbonyl (C=O) groups excluding carboxylic acids is 1. The average molecular weight is 472 g/mol. The molecule has 0 saturated carbocycles. The first kappa shape index (κ1) is 21.6. The van der Waals surface area contributed by atoms with Crippen LogP contribution in [0.15, 0.2) is 45.8 Å². The van der Waals surface area contributed by atoms with Crippen molar-refractivity contribution < 1.29 is 22.9 Å². The molecule has 150 valence electrons. The lowest BCUT2D eigenvalue weighted by atomic mass is 10.2. The molecular weight excluding hydrogens is 454 g/mol. The Morgan fingerprint density at radius 1 is 1.21 bits per heavy atom. The Hall–Kier alpha value is -2.66. The Morgan fingerprint density at radius 3 is 2.54 bits per heavy atom. The van der Waals surface area contributed by atoms with Crippen LogP contribution in [0.5, 0.6) is 5.75 Å². The summed E-state index contributed by atoms with van der Waals surface area (Å²) >= 11 is 3.30. The third kappa shape index (κ3) is 5.42. The number of hydrogen-bond acceptors (Lipinski definition) is 7. The minimum Gasteiger partial charge on any atom is -0.497 e. The van der Waals surface area contributed by atoms with Crippen LogP contribution >= 0.6 is 15.9 Å². The van der Waals surface area contributed by atoms with Gasteiger partial charge in [0.25, 0.3) is 11.6 Å². The van der Waals surface area contributed by atoms with E-state index in [1.807, 2.05) is 0 Å². The number of nitrogens with one attached hydrogen (secondary N) is 2. The van der Waals surface area contributed by atoms with Crippen LogP contribution in [0.4, 0.5) is 11.4 Å². The van der Waals surface area contributed by atoms with Crippen molar-refractivity contribution in [2.45, 2.75) is 4.90 Å². The predicted molar refractivity (Wildman–Crippen MR) is 108 cm³/mol. The van der Waals surface area contributed by atoms with E-state index >= 15 is 0 Å². The van der Waals surface area contributed by atoms with Gasteiger partial charge in [0.05, 0.1) is 22.5 Å². The number of anilines is 1. The van der Waals surface area contributed by atoms with Gasteiger partial charge in [0.1, 0.15) is 11.4 Å². The van der Waals surface area contributed by atoms with Gasteiger partial charge < -0.3 is 15.4 Å². The van der Waals surface area contributed by atoms with E-state index in [2.05, 4.69) is 26.6 Å². The van der Waals surface area contributed by atoms with Crippen molar-refractivity contribution in [1.29, 1.82) is 0 Å². The molecule has 0 aromatic heterocycles. The Kier molecular flexibility index (Phi) is 6.97. The van der Waals surface area contributed by atoms with Gasteiger partial charge >= 0.3 is 0 Å². The van der Waals surface area contributed by atoms with E-state index in [0.29, 0.717) is 15.8 Å². The van der Waals surface area contributed by atoms with Crippen molar-refractivity contribution in [3.63, 3.8) is 0 Å². The number of hydrogen-bond donors (Lipinski definition) is 2. The highest BCUT2D eigenvalue weighted by molar-refractivity contribution is 9.10. The average Bonchev–Trinajstić information content (AvgIpc) is 2.64. The fourth-order valence-electron chi connectivity index (χ4n) is 2.32. The summed E-state index contributed by atoms with van der Waals surface area (Å²) in [6.45, 7) is 0.389. The van der Waals surface area contributed by atoms with Crippen LogP contribution < -0.4 is 15.4 Å². The van der Waals surface area contributed by atoms with Crippen LogP contribution in [0.2, 0.25) is 0 Å². The number of methoxy groups -OCH3 is 1. The molecule has 0 aliphatic heterocycles. The number of halogens is 1. The summed E-state index contributed by atoms with van der Waals surface area (Å²) in [5.74, 6) is 0.197. The molecule has 0 atom stereocenters. The maximum absolute atomic E-state index is 12.3. The number of nitro groups is 1. The highest BCUT2D eigenvalue weighted by Crippen LogP contribution is 2.27. The van der Waals surface area contributed by atoms with Crippen LogP contribution in [-0.2, 0) is 9.84 Å². The predicted octanol–water partition coefficient (Wildman–Crippen LogP) is 2.61. The third-order valence-electron chi connectivity index (χ3n) is 3.74. The maximum Gasteiger partial charge on any atom is 0.293 e. The monoisotopic (exact) mass is 471 g/mol. The van der Waals surface area contributed by atoms with Crippen molar-refractivity contribution in [3.8, 4) is 5.75 Å². The van der Waals surface area contributed by atoms with Gasteiger partial charge in [0.2, 0.25) is 0 Å². The summed E-state index contributed by atoms with van der Waals surface area (Å²) in [6, 6.07) is 8.61. The second-order valence-electron chi connectivity index (χ2n) is 5.74. The number of rotatable bonds is 8. The van der Waals surface area contributed by atoms with Gasteiger partial charge in [-0.05, 0) is 46.3 Å². The molecule has 0 radical (unpaired) electrons. The van der Waals surface area contributed by atoms with Crippen LogP contribution in [0, 0.1) is 10.1 Å². The lowest BCUT2D eigenvalue weighted by molar-refractivity contribution is -0.384. The molecule has 0 spiro atoms. The highest BCUT2D eigenvalue weighted by atomic mass is 79.9. The van der Waals surface area contributed by atoms with Crippen molar-refractivity contribution >= 4 is 43.0 Å². The molecule has 0 saturated heterocycles. The van der Waals surface area contributed by atoms with Gasteiger partial charge in [-0.15, -0.1) is 0 Å². The van der Waals surface area contributed by atoms with Crippen LogP contribution in [-0.4, -0.2) is 45.7 Å². The molecule has 11 heteroatoms. The smallest absolute Gasteiger partial charge is 0.293 e.